The molecule has 5 heteroatoms. The second kappa shape index (κ2) is 14.7. The summed E-state index contributed by atoms with van der Waals surface area (Å²) in [5, 5.41) is 32.7. The molecule has 0 saturated heterocycles. The highest BCUT2D eigenvalue weighted by molar-refractivity contribution is 5.22. The molecule has 39 heavy (non-hydrogen) atoms. The van der Waals surface area contributed by atoms with Crippen molar-refractivity contribution in [2.45, 2.75) is 50.8 Å². The van der Waals surface area contributed by atoms with Gasteiger partial charge in [0.25, 0.3) is 0 Å². The zero-order valence-corrected chi connectivity index (χ0v) is 22.6. The van der Waals surface area contributed by atoms with E-state index in [2.05, 4.69) is 65.3 Å². The molecule has 204 valence electrons. The van der Waals surface area contributed by atoms with Gasteiger partial charge in [-0.05, 0) is 29.2 Å². The first-order valence-electron chi connectivity index (χ1n) is 13.7. The average Bonchev–Trinajstić information content (AvgIpc) is 3.00. The van der Waals surface area contributed by atoms with Crippen LogP contribution >= 0.6 is 0 Å². The smallest absolute Gasteiger partial charge is 0.0942 e. The molecule has 0 heterocycles. The van der Waals surface area contributed by atoms with Gasteiger partial charge in [0.1, 0.15) is 0 Å². The lowest BCUT2D eigenvalue weighted by molar-refractivity contribution is -0.0659. The number of aliphatic hydroxyl groups is 3. The van der Waals surface area contributed by atoms with Crippen LogP contribution < -0.4 is 0 Å². The largest absolute Gasteiger partial charge is 0.395 e. The van der Waals surface area contributed by atoms with Crippen LogP contribution in [0.3, 0.4) is 0 Å². The Bertz CT molecular complexity index is 1170. The monoisotopic (exact) mass is 524 g/mol. The zero-order chi connectivity index (χ0) is 27.5. The third-order valence-corrected chi connectivity index (χ3v) is 7.46. The van der Waals surface area contributed by atoms with Crippen molar-refractivity contribution in [3.05, 3.63) is 144 Å². The summed E-state index contributed by atoms with van der Waals surface area (Å²) in [4.78, 5) is 4.46. The fraction of sp³-hybridized carbons (Fsp3) is 0.294. The van der Waals surface area contributed by atoms with Crippen LogP contribution in [-0.4, -0.2) is 56.5 Å². The Kier molecular flexibility index (Phi) is 10.8. The van der Waals surface area contributed by atoms with Crippen molar-refractivity contribution < 1.29 is 15.3 Å². The Hall–Kier alpha value is -3.32. The van der Waals surface area contributed by atoms with Gasteiger partial charge in [-0.1, -0.05) is 121 Å². The Morgan fingerprint density at radius 3 is 1.38 bits per heavy atom. The predicted octanol–water partition coefficient (Wildman–Crippen LogP) is 5.03. The molecular weight excluding hydrogens is 484 g/mol. The summed E-state index contributed by atoms with van der Waals surface area (Å²) in [5.41, 5.74) is 4.45. The summed E-state index contributed by atoms with van der Waals surface area (Å²) in [6.45, 7) is 3.29. The van der Waals surface area contributed by atoms with Crippen molar-refractivity contribution in [2.75, 3.05) is 13.2 Å². The molecule has 4 aromatic rings. The summed E-state index contributed by atoms with van der Waals surface area (Å²) in [6, 6.07) is 39.7. The number of hydrogen-bond donors (Lipinski definition) is 3. The van der Waals surface area contributed by atoms with Crippen LogP contribution in [0.15, 0.2) is 121 Å². The maximum absolute atomic E-state index is 11.4. The molecule has 4 rings (SSSR count). The lowest BCUT2D eigenvalue weighted by Gasteiger charge is -2.46. The molecule has 0 radical (unpaired) electrons. The molecule has 4 aromatic carbocycles. The Morgan fingerprint density at radius 2 is 0.974 bits per heavy atom. The van der Waals surface area contributed by atoms with Crippen molar-refractivity contribution in [1.29, 1.82) is 0 Å². The molecule has 0 unspecified atom stereocenters. The second-order valence-electron chi connectivity index (χ2n) is 10.1. The highest BCUT2D eigenvalue weighted by Gasteiger charge is 2.39. The van der Waals surface area contributed by atoms with Crippen LogP contribution in [0.2, 0.25) is 0 Å². The SMILES string of the molecule is C[C@H](c1ccccc1)N(Cc1ccccc1)[C@@H]([C@@H](O)CO)[C@H](CO)N(Cc1ccccc1)Cc1ccccc1. The first-order chi connectivity index (χ1) is 19.1. The van der Waals surface area contributed by atoms with E-state index >= 15 is 0 Å². The quantitative estimate of drug-likeness (QED) is 0.216. The summed E-state index contributed by atoms with van der Waals surface area (Å²) in [7, 11) is 0. The highest BCUT2D eigenvalue weighted by atomic mass is 16.3. The fourth-order valence-electron chi connectivity index (χ4n) is 5.39. The molecule has 0 aliphatic rings. The minimum absolute atomic E-state index is 0.0815. The summed E-state index contributed by atoms with van der Waals surface area (Å²) in [5.74, 6) is 0. The average molecular weight is 525 g/mol. The van der Waals surface area contributed by atoms with Gasteiger partial charge in [0, 0.05) is 25.7 Å². The topological polar surface area (TPSA) is 67.2 Å². The minimum Gasteiger partial charge on any atom is -0.395 e. The van der Waals surface area contributed by atoms with Crippen molar-refractivity contribution >= 4 is 0 Å². The van der Waals surface area contributed by atoms with E-state index in [1.807, 2.05) is 72.8 Å². The molecule has 3 N–H and O–H groups in total. The van der Waals surface area contributed by atoms with E-state index in [4.69, 9.17) is 0 Å². The van der Waals surface area contributed by atoms with Crippen LogP contribution in [0.1, 0.15) is 35.2 Å². The first-order valence-corrected chi connectivity index (χ1v) is 13.7. The molecule has 4 atom stereocenters. The van der Waals surface area contributed by atoms with E-state index in [1.54, 1.807) is 0 Å². The first kappa shape index (κ1) is 28.7. The van der Waals surface area contributed by atoms with Gasteiger partial charge in [-0.2, -0.15) is 0 Å². The molecule has 0 aromatic heterocycles. The van der Waals surface area contributed by atoms with Crippen LogP contribution in [0.25, 0.3) is 0 Å². The maximum atomic E-state index is 11.4. The standard InChI is InChI=1S/C34H40N2O3/c1-27(31-20-12-5-13-21-31)36(24-30-18-10-4-11-19-30)34(33(39)26-38)32(25-37)35(22-28-14-6-2-7-15-28)23-29-16-8-3-9-17-29/h2-21,27,32-34,37-39H,22-26H2,1H3/t27-,32+,33+,34-/m1/s1. The van der Waals surface area contributed by atoms with Crippen molar-refractivity contribution in [3.8, 4) is 0 Å². The van der Waals surface area contributed by atoms with Crippen molar-refractivity contribution in [3.63, 3.8) is 0 Å². The van der Waals surface area contributed by atoms with Gasteiger partial charge >= 0.3 is 0 Å². The van der Waals surface area contributed by atoms with Crippen molar-refractivity contribution in [2.24, 2.45) is 0 Å². The Labute approximate surface area is 232 Å². The van der Waals surface area contributed by atoms with Gasteiger partial charge in [-0.25, -0.2) is 0 Å². The minimum atomic E-state index is -1.06. The van der Waals surface area contributed by atoms with E-state index in [-0.39, 0.29) is 12.6 Å². The Balaban J connectivity index is 1.77. The zero-order valence-electron chi connectivity index (χ0n) is 22.6. The number of aliphatic hydroxyl groups excluding tert-OH is 3. The molecule has 0 bridgehead atoms. The van der Waals surface area contributed by atoms with Crippen LogP contribution in [-0.2, 0) is 19.6 Å². The summed E-state index contributed by atoms with van der Waals surface area (Å²) >= 11 is 0. The molecule has 0 aliphatic carbocycles. The van der Waals surface area contributed by atoms with Gasteiger partial charge in [-0.15, -0.1) is 0 Å². The lowest BCUT2D eigenvalue weighted by Crippen LogP contribution is -2.59. The fourth-order valence-corrected chi connectivity index (χ4v) is 5.39. The number of rotatable bonds is 14. The van der Waals surface area contributed by atoms with Gasteiger partial charge in [0.2, 0.25) is 0 Å². The van der Waals surface area contributed by atoms with Crippen LogP contribution in [0, 0.1) is 0 Å². The van der Waals surface area contributed by atoms with Crippen LogP contribution in [0.5, 0.6) is 0 Å². The molecule has 5 nitrogen and oxygen atoms in total. The second-order valence-corrected chi connectivity index (χ2v) is 10.1. The molecule has 0 saturated carbocycles. The molecule has 0 spiro atoms. The van der Waals surface area contributed by atoms with Gasteiger partial charge < -0.3 is 15.3 Å². The van der Waals surface area contributed by atoms with E-state index in [0.29, 0.717) is 19.6 Å². The van der Waals surface area contributed by atoms with E-state index < -0.39 is 24.8 Å². The maximum Gasteiger partial charge on any atom is 0.0942 e. The number of benzene rings is 4. The summed E-state index contributed by atoms with van der Waals surface area (Å²) in [6.07, 6.45) is -1.06. The van der Waals surface area contributed by atoms with Gasteiger partial charge in [-0.3, -0.25) is 9.80 Å². The van der Waals surface area contributed by atoms with Gasteiger partial charge in [0.05, 0.1) is 31.4 Å². The van der Waals surface area contributed by atoms with E-state index in [1.165, 1.54) is 0 Å². The van der Waals surface area contributed by atoms with Crippen molar-refractivity contribution in [1.82, 2.24) is 9.80 Å². The van der Waals surface area contributed by atoms with E-state index in [0.717, 1.165) is 22.3 Å². The molecule has 0 aliphatic heterocycles. The number of hydrogen-bond acceptors (Lipinski definition) is 5. The highest BCUT2D eigenvalue weighted by Crippen LogP contribution is 2.30. The lowest BCUT2D eigenvalue weighted by atomic mass is 9.94. The summed E-state index contributed by atoms with van der Waals surface area (Å²) < 4.78 is 0. The number of nitrogens with zero attached hydrogens (tertiary/aromatic N) is 2. The molecular formula is C34H40N2O3. The van der Waals surface area contributed by atoms with E-state index in [9.17, 15) is 15.3 Å². The van der Waals surface area contributed by atoms with Gasteiger partial charge in [0.15, 0.2) is 0 Å². The Morgan fingerprint density at radius 1 is 0.564 bits per heavy atom. The molecule has 0 fully saturated rings. The van der Waals surface area contributed by atoms with Crippen LogP contribution in [0.4, 0.5) is 0 Å². The molecule has 0 amide bonds. The predicted molar refractivity (Wildman–Crippen MR) is 157 cm³/mol. The third kappa shape index (κ3) is 7.85. The third-order valence-electron chi connectivity index (χ3n) is 7.46. The normalized spacial score (nSPS) is 14.7.